The molecule has 27 heavy (non-hydrogen) atoms. The number of fused-ring (bicyclic) bond motifs is 1. The molecule has 0 bridgehead atoms. The molecule has 0 atom stereocenters. The van der Waals surface area contributed by atoms with Gasteiger partial charge in [-0.3, -0.25) is 19.5 Å². The van der Waals surface area contributed by atoms with Crippen LogP contribution in [0.25, 0.3) is 10.2 Å². The van der Waals surface area contributed by atoms with Crippen LogP contribution in [0.15, 0.2) is 52.2 Å². The molecule has 0 fully saturated rings. The summed E-state index contributed by atoms with van der Waals surface area (Å²) in [5, 5.41) is 8.87. The highest BCUT2D eigenvalue weighted by Gasteiger charge is 2.16. The predicted molar refractivity (Wildman–Crippen MR) is 106 cm³/mol. The van der Waals surface area contributed by atoms with E-state index in [1.807, 2.05) is 0 Å². The Morgan fingerprint density at radius 1 is 1.22 bits per heavy atom. The molecular formula is C16H13N5O3S3. The number of nitrogens with zero attached hydrogens (tertiary/aromatic N) is 3. The molecule has 0 unspecified atom stereocenters. The number of aryl methyl sites for hydroxylation is 1. The molecule has 0 aliphatic carbocycles. The summed E-state index contributed by atoms with van der Waals surface area (Å²) in [5.74, 6) is -0.353. The van der Waals surface area contributed by atoms with Gasteiger partial charge in [-0.05, 0) is 35.7 Å². The van der Waals surface area contributed by atoms with Crippen molar-refractivity contribution in [3.8, 4) is 0 Å². The zero-order valence-corrected chi connectivity index (χ0v) is 16.4. The average Bonchev–Trinajstić information content (AvgIpc) is 3.33. The fraction of sp³-hybridized carbons (Fsp3) is 0.0625. The summed E-state index contributed by atoms with van der Waals surface area (Å²) in [5.41, 5.74) is 1.39. The summed E-state index contributed by atoms with van der Waals surface area (Å²) in [6.07, 6.45) is 1.68. The van der Waals surface area contributed by atoms with Crippen molar-refractivity contribution in [1.82, 2.24) is 14.8 Å². The maximum absolute atomic E-state index is 12.3. The van der Waals surface area contributed by atoms with Crippen molar-refractivity contribution in [3.63, 3.8) is 0 Å². The summed E-state index contributed by atoms with van der Waals surface area (Å²) < 4.78 is 29.7. The minimum Gasteiger partial charge on any atom is -0.296 e. The van der Waals surface area contributed by atoms with E-state index in [4.69, 9.17) is 0 Å². The number of carbonyl (C=O) groups is 1. The number of benzene rings is 1. The number of amides is 1. The third-order valence-electron chi connectivity index (χ3n) is 3.57. The number of sulfonamides is 1. The van der Waals surface area contributed by atoms with Crippen LogP contribution in [-0.4, -0.2) is 29.1 Å². The molecule has 0 saturated carbocycles. The van der Waals surface area contributed by atoms with E-state index in [2.05, 4.69) is 20.1 Å². The van der Waals surface area contributed by atoms with Gasteiger partial charge >= 0.3 is 0 Å². The van der Waals surface area contributed by atoms with Gasteiger partial charge in [0.25, 0.3) is 15.9 Å². The van der Waals surface area contributed by atoms with Gasteiger partial charge in [-0.1, -0.05) is 17.4 Å². The third kappa shape index (κ3) is 3.70. The zero-order valence-electron chi connectivity index (χ0n) is 13.9. The van der Waals surface area contributed by atoms with E-state index in [9.17, 15) is 13.2 Å². The third-order valence-corrected chi connectivity index (χ3v) is 7.28. The Kier molecular flexibility index (Phi) is 4.42. The number of hydrogen-bond acceptors (Lipinski definition) is 7. The highest BCUT2D eigenvalue weighted by Crippen LogP contribution is 2.30. The quantitative estimate of drug-likeness (QED) is 0.517. The fourth-order valence-corrected chi connectivity index (χ4v) is 5.30. The van der Waals surface area contributed by atoms with Gasteiger partial charge in [0.2, 0.25) is 0 Å². The molecule has 0 spiro atoms. The van der Waals surface area contributed by atoms with E-state index in [0.29, 0.717) is 22.0 Å². The largest absolute Gasteiger partial charge is 0.296 e. The lowest BCUT2D eigenvalue weighted by Crippen LogP contribution is -2.12. The molecule has 11 heteroatoms. The molecule has 8 nitrogen and oxygen atoms in total. The smallest absolute Gasteiger partial charge is 0.277 e. The number of aromatic nitrogens is 3. The van der Waals surface area contributed by atoms with E-state index < -0.39 is 10.0 Å². The number of nitrogens with one attached hydrogen (secondary N) is 2. The molecule has 3 heterocycles. The first-order valence-corrected chi connectivity index (χ1v) is 10.9. The van der Waals surface area contributed by atoms with Crippen molar-refractivity contribution in [1.29, 1.82) is 0 Å². The van der Waals surface area contributed by atoms with E-state index in [1.54, 1.807) is 59.7 Å². The highest BCUT2D eigenvalue weighted by molar-refractivity contribution is 7.94. The van der Waals surface area contributed by atoms with Gasteiger partial charge < -0.3 is 0 Å². The Balaban J connectivity index is 1.56. The maximum Gasteiger partial charge on any atom is 0.277 e. The lowest BCUT2D eigenvalue weighted by atomic mass is 10.3. The Hall–Kier alpha value is -2.76. The number of anilines is 2. The Labute approximate surface area is 162 Å². The summed E-state index contributed by atoms with van der Waals surface area (Å²) in [7, 11) is -1.88. The first-order valence-electron chi connectivity index (χ1n) is 7.69. The van der Waals surface area contributed by atoms with Crippen LogP contribution in [0.1, 0.15) is 10.5 Å². The first-order chi connectivity index (χ1) is 12.9. The Morgan fingerprint density at radius 3 is 2.78 bits per heavy atom. The lowest BCUT2D eigenvalue weighted by Gasteiger charge is -2.05. The Bertz CT molecular complexity index is 1230. The van der Waals surface area contributed by atoms with Crippen molar-refractivity contribution in [2.24, 2.45) is 7.05 Å². The molecule has 2 N–H and O–H groups in total. The molecule has 4 rings (SSSR count). The average molecular weight is 420 g/mol. The first kappa shape index (κ1) is 17.6. The second-order valence-corrected chi connectivity index (χ2v) is 9.46. The SMILES string of the molecule is Cn1ccc(C(=O)Nc2nc3ccc(NS(=O)(=O)c4cccs4)cc3s2)n1. The number of carbonyl (C=O) groups excluding carboxylic acids is 1. The molecule has 138 valence electrons. The monoisotopic (exact) mass is 419 g/mol. The lowest BCUT2D eigenvalue weighted by molar-refractivity contribution is 0.102. The summed E-state index contributed by atoms with van der Waals surface area (Å²) >= 11 is 2.40. The number of thiazole rings is 1. The molecule has 1 amide bonds. The Morgan fingerprint density at radius 2 is 2.07 bits per heavy atom. The molecule has 0 aliphatic heterocycles. The van der Waals surface area contributed by atoms with Gasteiger partial charge in [0, 0.05) is 13.2 Å². The van der Waals surface area contributed by atoms with Gasteiger partial charge in [-0.25, -0.2) is 13.4 Å². The van der Waals surface area contributed by atoms with Gasteiger partial charge in [0.15, 0.2) is 10.8 Å². The van der Waals surface area contributed by atoms with E-state index in [1.165, 1.54) is 11.3 Å². The van der Waals surface area contributed by atoms with Crippen LogP contribution in [0, 0.1) is 0 Å². The minimum absolute atomic E-state index is 0.246. The van der Waals surface area contributed by atoms with Gasteiger partial charge in [0.1, 0.15) is 4.21 Å². The van der Waals surface area contributed by atoms with Crippen molar-refractivity contribution in [2.45, 2.75) is 4.21 Å². The van der Waals surface area contributed by atoms with Gasteiger partial charge in [0.05, 0.1) is 15.9 Å². The molecule has 3 aromatic heterocycles. The van der Waals surface area contributed by atoms with Crippen LogP contribution in [0.5, 0.6) is 0 Å². The molecule has 4 aromatic rings. The molecule has 0 saturated heterocycles. The van der Waals surface area contributed by atoms with Gasteiger partial charge in [-0.15, -0.1) is 11.3 Å². The fourth-order valence-electron chi connectivity index (χ4n) is 2.36. The maximum atomic E-state index is 12.3. The van der Waals surface area contributed by atoms with Crippen LogP contribution in [0.3, 0.4) is 0 Å². The molecule has 0 aliphatic rings. The van der Waals surface area contributed by atoms with E-state index in [-0.39, 0.29) is 10.1 Å². The summed E-state index contributed by atoms with van der Waals surface area (Å²) in [6, 6.07) is 9.87. The predicted octanol–water partition coefficient (Wildman–Crippen LogP) is 3.14. The van der Waals surface area contributed by atoms with Crippen molar-refractivity contribution >= 4 is 59.6 Å². The number of thiophene rings is 1. The number of hydrogen-bond donors (Lipinski definition) is 2. The molecule has 1 aromatic carbocycles. The van der Waals surface area contributed by atoms with Crippen LogP contribution in [0.4, 0.5) is 10.8 Å². The van der Waals surface area contributed by atoms with E-state index in [0.717, 1.165) is 16.0 Å². The second-order valence-electron chi connectivity index (χ2n) is 5.57. The van der Waals surface area contributed by atoms with Gasteiger partial charge in [-0.2, -0.15) is 5.10 Å². The summed E-state index contributed by atoms with van der Waals surface area (Å²) in [6.45, 7) is 0. The van der Waals surface area contributed by atoms with Crippen molar-refractivity contribution in [3.05, 3.63) is 53.7 Å². The van der Waals surface area contributed by atoms with Crippen molar-refractivity contribution < 1.29 is 13.2 Å². The molecular weight excluding hydrogens is 406 g/mol. The highest BCUT2D eigenvalue weighted by atomic mass is 32.2. The van der Waals surface area contributed by atoms with Crippen LogP contribution in [-0.2, 0) is 17.1 Å². The standard InChI is InChI=1S/C16H13N5O3S3/c1-21-7-6-12(19-21)15(22)18-16-17-11-5-4-10(9-13(11)26-16)20-27(23,24)14-3-2-8-25-14/h2-9,20H,1H3,(H,17,18,22). The van der Waals surface area contributed by atoms with Crippen molar-refractivity contribution in [2.75, 3.05) is 10.0 Å². The van der Waals surface area contributed by atoms with E-state index >= 15 is 0 Å². The summed E-state index contributed by atoms with van der Waals surface area (Å²) in [4.78, 5) is 16.5. The zero-order chi connectivity index (χ0) is 19.0. The normalized spacial score (nSPS) is 11.6. The number of rotatable bonds is 5. The minimum atomic E-state index is -3.61. The van der Waals surface area contributed by atoms with Crippen LogP contribution >= 0.6 is 22.7 Å². The van der Waals surface area contributed by atoms with Crippen LogP contribution in [0.2, 0.25) is 0 Å². The molecule has 0 radical (unpaired) electrons. The second kappa shape index (κ2) is 6.76. The van der Waals surface area contributed by atoms with Crippen LogP contribution < -0.4 is 10.0 Å². The topological polar surface area (TPSA) is 106 Å².